The Morgan fingerprint density at radius 2 is 1.94 bits per heavy atom. The maximum absolute atomic E-state index is 13.8. The number of rotatable bonds is 5. The Balaban J connectivity index is 1.70. The van der Waals surface area contributed by atoms with E-state index in [-0.39, 0.29) is 22.6 Å². The smallest absolute Gasteiger partial charge is 0.405 e. The van der Waals surface area contributed by atoms with Crippen molar-refractivity contribution in [3.63, 3.8) is 0 Å². The highest BCUT2D eigenvalue weighted by Crippen LogP contribution is 2.33. The predicted octanol–water partition coefficient (Wildman–Crippen LogP) is 4.26. The molecule has 2 aromatic heterocycles. The van der Waals surface area contributed by atoms with Crippen LogP contribution in [0.1, 0.15) is 0 Å². The summed E-state index contributed by atoms with van der Waals surface area (Å²) >= 11 is 0. The largest absolute Gasteiger partial charge is 0.497 e. The van der Waals surface area contributed by atoms with Crippen molar-refractivity contribution in [2.45, 2.75) is 6.18 Å². The molecule has 0 atom stereocenters. The Morgan fingerprint density at radius 3 is 2.67 bits per heavy atom. The SMILES string of the molecule is COc1ccc(-c2c(=O)n(-c3ccc4c(c3)N(C)CCO4)cc3cnc(NCC(F)(F)F)nc23)cc1. The number of nitrogens with zero attached hydrogens (tertiary/aromatic N) is 4. The number of fused-ring (bicyclic) bond motifs is 2. The molecular formula is C25H22F3N5O3. The lowest BCUT2D eigenvalue weighted by Gasteiger charge is -2.28. The van der Waals surface area contributed by atoms with Gasteiger partial charge in [0.15, 0.2) is 0 Å². The summed E-state index contributed by atoms with van der Waals surface area (Å²) in [6.07, 6.45) is -1.45. The molecule has 0 saturated carbocycles. The second-order valence-electron chi connectivity index (χ2n) is 8.30. The van der Waals surface area contributed by atoms with Crippen LogP contribution in [-0.2, 0) is 0 Å². The van der Waals surface area contributed by atoms with Crippen molar-refractivity contribution < 1.29 is 22.6 Å². The van der Waals surface area contributed by atoms with Gasteiger partial charge in [-0.05, 0) is 35.9 Å². The summed E-state index contributed by atoms with van der Waals surface area (Å²) in [7, 11) is 3.48. The van der Waals surface area contributed by atoms with E-state index in [1.807, 2.05) is 24.1 Å². The first-order valence-corrected chi connectivity index (χ1v) is 11.1. The van der Waals surface area contributed by atoms with E-state index in [2.05, 4.69) is 15.3 Å². The summed E-state index contributed by atoms with van der Waals surface area (Å²) in [5.41, 5.74) is 2.08. The van der Waals surface area contributed by atoms with Gasteiger partial charge in [0.1, 0.15) is 24.7 Å². The minimum Gasteiger partial charge on any atom is -0.497 e. The molecule has 1 N–H and O–H groups in total. The maximum atomic E-state index is 13.8. The van der Waals surface area contributed by atoms with Crippen molar-refractivity contribution in [2.24, 2.45) is 0 Å². The van der Waals surface area contributed by atoms with E-state index in [0.29, 0.717) is 35.5 Å². The van der Waals surface area contributed by atoms with E-state index in [1.54, 1.807) is 36.5 Å². The van der Waals surface area contributed by atoms with Crippen LogP contribution in [0.3, 0.4) is 0 Å². The van der Waals surface area contributed by atoms with Crippen molar-refractivity contribution in [2.75, 3.05) is 44.1 Å². The van der Waals surface area contributed by atoms with Gasteiger partial charge in [-0.15, -0.1) is 0 Å². The highest BCUT2D eigenvalue weighted by molar-refractivity contribution is 5.93. The van der Waals surface area contributed by atoms with Crippen LogP contribution in [0.5, 0.6) is 11.5 Å². The Bertz CT molecular complexity index is 1490. The number of halogens is 3. The molecule has 4 aromatic rings. The molecule has 8 nitrogen and oxygen atoms in total. The number of nitrogens with one attached hydrogen (secondary N) is 1. The summed E-state index contributed by atoms with van der Waals surface area (Å²) in [6.45, 7) is -0.0116. The Morgan fingerprint density at radius 1 is 1.17 bits per heavy atom. The monoisotopic (exact) mass is 497 g/mol. The fraction of sp³-hybridized carbons (Fsp3) is 0.240. The van der Waals surface area contributed by atoms with Gasteiger partial charge in [-0.2, -0.15) is 13.2 Å². The van der Waals surface area contributed by atoms with Crippen LogP contribution in [0, 0.1) is 0 Å². The molecule has 0 fully saturated rings. The van der Waals surface area contributed by atoms with Crippen molar-refractivity contribution >= 4 is 22.5 Å². The fourth-order valence-electron chi connectivity index (χ4n) is 4.07. The third-order valence-corrected chi connectivity index (χ3v) is 5.90. The van der Waals surface area contributed by atoms with Crippen LogP contribution in [-0.4, -0.2) is 54.6 Å². The number of pyridine rings is 1. The molecule has 5 rings (SSSR count). The standard InChI is InChI=1S/C25H22F3N5O3/c1-32-9-10-36-20-8-5-17(11-19(20)32)33-13-16-12-29-24(30-14-25(26,27)28)31-22(16)21(23(33)34)15-3-6-18(35-2)7-4-15/h3-8,11-13H,9-10,14H2,1-2H3,(H,30,31). The molecule has 0 amide bonds. The zero-order valence-corrected chi connectivity index (χ0v) is 19.5. The number of hydrogen-bond donors (Lipinski definition) is 1. The molecule has 0 spiro atoms. The molecule has 0 unspecified atom stereocenters. The van der Waals surface area contributed by atoms with E-state index < -0.39 is 12.7 Å². The predicted molar refractivity (Wildman–Crippen MR) is 130 cm³/mol. The Kier molecular flexibility index (Phi) is 5.91. The van der Waals surface area contributed by atoms with Crippen LogP contribution in [0.4, 0.5) is 24.8 Å². The lowest BCUT2D eigenvalue weighted by atomic mass is 10.0. The quantitative estimate of drug-likeness (QED) is 0.441. The first-order chi connectivity index (χ1) is 17.2. The average Bonchev–Trinajstić information content (AvgIpc) is 2.87. The van der Waals surface area contributed by atoms with Crippen molar-refractivity contribution in [1.29, 1.82) is 0 Å². The first-order valence-electron chi connectivity index (χ1n) is 11.1. The number of methoxy groups -OCH3 is 1. The van der Waals surface area contributed by atoms with E-state index in [0.717, 1.165) is 11.4 Å². The van der Waals surface area contributed by atoms with Gasteiger partial charge >= 0.3 is 6.18 Å². The van der Waals surface area contributed by atoms with Gasteiger partial charge in [0.2, 0.25) is 5.95 Å². The normalized spacial score (nSPS) is 13.3. The number of hydrogen-bond acceptors (Lipinski definition) is 7. The van der Waals surface area contributed by atoms with E-state index >= 15 is 0 Å². The molecule has 0 saturated heterocycles. The molecule has 11 heteroatoms. The topological polar surface area (TPSA) is 81.5 Å². The third-order valence-electron chi connectivity index (χ3n) is 5.90. The van der Waals surface area contributed by atoms with Gasteiger partial charge in [-0.25, -0.2) is 9.97 Å². The second kappa shape index (κ2) is 9.06. The lowest BCUT2D eigenvalue weighted by molar-refractivity contribution is -0.115. The minimum absolute atomic E-state index is 0.223. The van der Waals surface area contributed by atoms with Crippen LogP contribution in [0.2, 0.25) is 0 Å². The molecule has 0 bridgehead atoms. The second-order valence-corrected chi connectivity index (χ2v) is 8.30. The molecule has 36 heavy (non-hydrogen) atoms. The van der Waals surface area contributed by atoms with Crippen molar-refractivity contribution in [3.8, 4) is 28.3 Å². The number of anilines is 2. The molecule has 3 heterocycles. The van der Waals surface area contributed by atoms with Crippen LogP contribution < -0.4 is 25.2 Å². The number of ether oxygens (including phenoxy) is 2. The van der Waals surface area contributed by atoms with Gasteiger partial charge in [0.25, 0.3) is 5.56 Å². The van der Waals surface area contributed by atoms with Gasteiger partial charge < -0.3 is 19.7 Å². The fourth-order valence-corrected chi connectivity index (χ4v) is 4.07. The molecule has 0 radical (unpaired) electrons. The minimum atomic E-state index is -4.44. The summed E-state index contributed by atoms with van der Waals surface area (Å²) in [4.78, 5) is 24.2. The number of aromatic nitrogens is 3. The summed E-state index contributed by atoms with van der Waals surface area (Å²) in [5.74, 6) is 1.10. The molecule has 1 aliphatic rings. The van der Waals surface area contributed by atoms with E-state index in [9.17, 15) is 18.0 Å². The molecule has 2 aromatic carbocycles. The van der Waals surface area contributed by atoms with Gasteiger partial charge in [-0.3, -0.25) is 9.36 Å². The Labute approximate surface area is 203 Å². The summed E-state index contributed by atoms with van der Waals surface area (Å²) in [6, 6.07) is 12.3. The zero-order chi connectivity index (χ0) is 25.4. The van der Waals surface area contributed by atoms with Crippen molar-refractivity contribution in [3.05, 3.63) is 65.2 Å². The number of benzene rings is 2. The van der Waals surface area contributed by atoms with E-state index in [1.165, 1.54) is 17.9 Å². The summed E-state index contributed by atoms with van der Waals surface area (Å²) in [5, 5.41) is 2.67. The molecule has 1 aliphatic heterocycles. The zero-order valence-electron chi connectivity index (χ0n) is 19.5. The van der Waals surface area contributed by atoms with Gasteiger partial charge in [-0.1, -0.05) is 12.1 Å². The lowest BCUT2D eigenvalue weighted by Crippen LogP contribution is -2.29. The highest BCUT2D eigenvalue weighted by atomic mass is 19.4. The number of alkyl halides is 3. The van der Waals surface area contributed by atoms with Crippen molar-refractivity contribution in [1.82, 2.24) is 14.5 Å². The molecular weight excluding hydrogens is 475 g/mol. The third kappa shape index (κ3) is 4.51. The molecule has 0 aliphatic carbocycles. The van der Waals surface area contributed by atoms with Crippen LogP contribution in [0.25, 0.3) is 27.7 Å². The van der Waals surface area contributed by atoms with Gasteiger partial charge in [0, 0.05) is 24.8 Å². The van der Waals surface area contributed by atoms with Gasteiger partial charge in [0.05, 0.1) is 36.1 Å². The first kappa shape index (κ1) is 23.5. The Hall–Kier alpha value is -4.28. The van der Waals surface area contributed by atoms with Crippen LogP contribution >= 0.6 is 0 Å². The molecule has 186 valence electrons. The number of likely N-dealkylation sites (N-methyl/N-ethyl adjacent to an activating group) is 1. The average molecular weight is 497 g/mol. The van der Waals surface area contributed by atoms with E-state index in [4.69, 9.17) is 9.47 Å². The van der Waals surface area contributed by atoms with Crippen LogP contribution in [0.15, 0.2) is 59.7 Å². The summed E-state index contributed by atoms with van der Waals surface area (Å²) < 4.78 is 50.6. The highest BCUT2D eigenvalue weighted by Gasteiger charge is 2.27. The maximum Gasteiger partial charge on any atom is 0.405 e.